The summed E-state index contributed by atoms with van der Waals surface area (Å²) < 4.78 is 27.4. The molecule has 3 aromatic rings. The van der Waals surface area contributed by atoms with Crippen LogP contribution in [0.5, 0.6) is 0 Å². The van der Waals surface area contributed by atoms with Crippen LogP contribution in [0, 0.1) is 10.1 Å². The van der Waals surface area contributed by atoms with E-state index in [2.05, 4.69) is 22.3 Å². The number of piperazine rings is 1. The van der Waals surface area contributed by atoms with Gasteiger partial charge in [-0.3, -0.25) is 10.1 Å². The SMILES string of the molecule is C[C@H](CCc1ccccc1)Nc1cc(N2CCN(S(=O)(=O)c3ccc(Cl)cc3)CC2)ccc1[N+](=O)[O-]. The molecule has 0 amide bonds. The molecule has 0 radical (unpaired) electrons. The number of hydrogen-bond acceptors (Lipinski definition) is 6. The summed E-state index contributed by atoms with van der Waals surface area (Å²) in [4.78, 5) is 13.5. The molecule has 4 rings (SSSR count). The standard InChI is InChI=1S/C26H29ClN4O4S/c1-20(7-8-21-5-3-2-4-6-21)28-25-19-23(11-14-26(25)31(32)33)29-15-17-30(18-16-29)36(34,35)24-12-9-22(27)10-13-24/h2-6,9-14,19-20,28H,7-8,15-18H2,1H3/t20-/m1/s1. The molecule has 0 aromatic heterocycles. The Morgan fingerprint density at radius 1 is 1.00 bits per heavy atom. The van der Waals surface area contributed by atoms with Crippen LogP contribution in [0.4, 0.5) is 17.1 Å². The molecule has 0 aliphatic carbocycles. The summed E-state index contributed by atoms with van der Waals surface area (Å²) in [7, 11) is -3.61. The van der Waals surface area contributed by atoms with Crippen molar-refractivity contribution in [1.29, 1.82) is 0 Å². The van der Waals surface area contributed by atoms with Crippen LogP contribution in [-0.4, -0.2) is 49.9 Å². The van der Waals surface area contributed by atoms with E-state index in [4.69, 9.17) is 11.6 Å². The van der Waals surface area contributed by atoms with Crippen LogP contribution >= 0.6 is 11.6 Å². The van der Waals surface area contributed by atoms with E-state index in [9.17, 15) is 18.5 Å². The Kier molecular flexibility index (Phi) is 8.13. The molecule has 36 heavy (non-hydrogen) atoms. The molecule has 0 saturated carbocycles. The van der Waals surface area contributed by atoms with Crippen LogP contribution in [-0.2, 0) is 16.4 Å². The van der Waals surface area contributed by atoms with Crippen LogP contribution < -0.4 is 10.2 Å². The minimum Gasteiger partial charge on any atom is -0.377 e. The molecule has 1 atom stereocenters. The first-order valence-electron chi connectivity index (χ1n) is 11.8. The zero-order chi connectivity index (χ0) is 25.7. The number of sulfonamides is 1. The third kappa shape index (κ3) is 6.16. The molecular formula is C26H29ClN4O4S. The summed E-state index contributed by atoms with van der Waals surface area (Å²) in [5, 5.41) is 15.4. The van der Waals surface area contributed by atoms with E-state index in [1.807, 2.05) is 25.1 Å². The fourth-order valence-electron chi connectivity index (χ4n) is 4.30. The molecule has 0 unspecified atom stereocenters. The highest BCUT2D eigenvalue weighted by Crippen LogP contribution is 2.31. The zero-order valence-corrected chi connectivity index (χ0v) is 21.6. The summed E-state index contributed by atoms with van der Waals surface area (Å²) >= 11 is 5.89. The van der Waals surface area contributed by atoms with Crippen LogP contribution in [0.15, 0.2) is 77.7 Å². The van der Waals surface area contributed by atoms with Crippen molar-refractivity contribution in [3.05, 3.63) is 93.5 Å². The van der Waals surface area contributed by atoms with E-state index < -0.39 is 10.0 Å². The summed E-state index contributed by atoms with van der Waals surface area (Å²) in [5.41, 5.74) is 2.53. The Hall–Kier alpha value is -3.14. The van der Waals surface area contributed by atoms with Crippen LogP contribution in [0.1, 0.15) is 18.9 Å². The molecule has 1 N–H and O–H groups in total. The van der Waals surface area contributed by atoms with Gasteiger partial charge in [-0.05, 0) is 61.7 Å². The fraction of sp³-hybridized carbons (Fsp3) is 0.308. The average Bonchev–Trinajstić information content (AvgIpc) is 2.88. The van der Waals surface area contributed by atoms with Crippen molar-refractivity contribution >= 4 is 38.7 Å². The maximum atomic E-state index is 13.0. The first kappa shape index (κ1) is 25.9. The van der Waals surface area contributed by atoms with Gasteiger partial charge in [-0.2, -0.15) is 4.31 Å². The molecule has 8 nitrogen and oxygen atoms in total. The average molecular weight is 529 g/mol. The van der Waals surface area contributed by atoms with Gasteiger partial charge in [0, 0.05) is 49.0 Å². The minimum atomic E-state index is -3.61. The van der Waals surface area contributed by atoms with E-state index in [1.165, 1.54) is 28.1 Å². The Labute approximate surface area is 216 Å². The molecule has 0 spiro atoms. The summed E-state index contributed by atoms with van der Waals surface area (Å²) in [6.45, 7) is 3.61. The molecule has 0 bridgehead atoms. The lowest BCUT2D eigenvalue weighted by atomic mass is 10.1. The molecule has 1 aliphatic rings. The van der Waals surface area contributed by atoms with Crippen LogP contribution in [0.3, 0.4) is 0 Å². The molecule has 3 aromatic carbocycles. The van der Waals surface area contributed by atoms with Gasteiger partial charge in [0.15, 0.2) is 0 Å². The van der Waals surface area contributed by atoms with E-state index in [0.29, 0.717) is 36.9 Å². The number of halogens is 1. The highest BCUT2D eigenvalue weighted by atomic mass is 35.5. The first-order valence-corrected chi connectivity index (χ1v) is 13.7. The van der Waals surface area contributed by atoms with Crippen LogP contribution in [0.25, 0.3) is 0 Å². The lowest BCUT2D eigenvalue weighted by Crippen LogP contribution is -2.48. The lowest BCUT2D eigenvalue weighted by molar-refractivity contribution is -0.384. The fourth-order valence-corrected chi connectivity index (χ4v) is 5.85. The van der Waals surface area contributed by atoms with Gasteiger partial charge in [0.2, 0.25) is 10.0 Å². The normalized spacial score (nSPS) is 15.4. The van der Waals surface area contributed by atoms with Gasteiger partial charge in [-0.1, -0.05) is 41.9 Å². The second-order valence-corrected chi connectivity index (χ2v) is 11.2. The van der Waals surface area contributed by atoms with Crippen molar-refractivity contribution in [3.8, 4) is 0 Å². The molecular weight excluding hydrogens is 500 g/mol. The number of aryl methyl sites for hydroxylation is 1. The largest absolute Gasteiger partial charge is 0.377 e. The highest BCUT2D eigenvalue weighted by Gasteiger charge is 2.29. The second-order valence-electron chi connectivity index (χ2n) is 8.87. The lowest BCUT2D eigenvalue weighted by Gasteiger charge is -2.35. The van der Waals surface area contributed by atoms with Crippen molar-refractivity contribution in [2.24, 2.45) is 0 Å². The third-order valence-electron chi connectivity index (χ3n) is 6.34. The van der Waals surface area contributed by atoms with Gasteiger partial charge in [0.1, 0.15) is 5.69 Å². The van der Waals surface area contributed by atoms with Crippen molar-refractivity contribution in [2.45, 2.75) is 30.7 Å². The van der Waals surface area contributed by atoms with Gasteiger partial charge < -0.3 is 10.2 Å². The van der Waals surface area contributed by atoms with Gasteiger partial charge in [0.05, 0.1) is 9.82 Å². The third-order valence-corrected chi connectivity index (χ3v) is 8.51. The summed E-state index contributed by atoms with van der Waals surface area (Å²) in [5.74, 6) is 0. The summed E-state index contributed by atoms with van der Waals surface area (Å²) in [6.07, 6.45) is 1.69. The molecule has 1 aliphatic heterocycles. The number of nitro groups is 1. The number of nitrogens with zero attached hydrogens (tertiary/aromatic N) is 3. The highest BCUT2D eigenvalue weighted by molar-refractivity contribution is 7.89. The molecule has 190 valence electrons. The first-order chi connectivity index (χ1) is 17.2. The van der Waals surface area contributed by atoms with Gasteiger partial charge in [-0.25, -0.2) is 8.42 Å². The predicted octanol–water partition coefficient (Wildman–Crippen LogP) is 5.19. The number of nitro benzene ring substituents is 1. The van der Waals surface area contributed by atoms with Gasteiger partial charge in [-0.15, -0.1) is 0 Å². The number of benzene rings is 3. The Morgan fingerprint density at radius 2 is 1.67 bits per heavy atom. The molecule has 1 heterocycles. The second kappa shape index (κ2) is 11.3. The van der Waals surface area contributed by atoms with E-state index >= 15 is 0 Å². The maximum Gasteiger partial charge on any atom is 0.292 e. The van der Waals surface area contributed by atoms with Crippen LogP contribution in [0.2, 0.25) is 5.02 Å². The smallest absolute Gasteiger partial charge is 0.292 e. The summed E-state index contributed by atoms with van der Waals surface area (Å²) in [6, 6.07) is 21.3. The quantitative estimate of drug-likeness (QED) is 0.303. The van der Waals surface area contributed by atoms with E-state index in [-0.39, 0.29) is 21.5 Å². The van der Waals surface area contributed by atoms with Gasteiger partial charge >= 0.3 is 0 Å². The zero-order valence-electron chi connectivity index (χ0n) is 20.0. The van der Waals surface area contributed by atoms with Crippen molar-refractivity contribution < 1.29 is 13.3 Å². The predicted molar refractivity (Wildman–Crippen MR) is 143 cm³/mol. The number of hydrogen-bond donors (Lipinski definition) is 1. The molecule has 1 fully saturated rings. The Morgan fingerprint density at radius 3 is 2.31 bits per heavy atom. The van der Waals surface area contributed by atoms with Crippen molar-refractivity contribution in [2.75, 3.05) is 36.4 Å². The number of nitrogens with one attached hydrogen (secondary N) is 1. The van der Waals surface area contributed by atoms with Crippen molar-refractivity contribution in [3.63, 3.8) is 0 Å². The van der Waals surface area contributed by atoms with Gasteiger partial charge in [0.25, 0.3) is 5.69 Å². The topological polar surface area (TPSA) is 95.8 Å². The van der Waals surface area contributed by atoms with Crippen molar-refractivity contribution in [1.82, 2.24) is 4.31 Å². The van der Waals surface area contributed by atoms with E-state index in [1.54, 1.807) is 24.3 Å². The number of anilines is 2. The van der Waals surface area contributed by atoms with E-state index in [0.717, 1.165) is 18.5 Å². The maximum absolute atomic E-state index is 13.0. The number of rotatable bonds is 9. The monoisotopic (exact) mass is 528 g/mol. The Balaban J connectivity index is 1.43. The minimum absolute atomic E-state index is 0.0225. The Bertz CT molecular complexity index is 1300. The molecule has 10 heteroatoms. The molecule has 1 saturated heterocycles.